The molecule has 0 radical (unpaired) electrons. The van der Waals surface area contributed by atoms with E-state index in [1.165, 1.54) is 32.1 Å². The van der Waals surface area contributed by atoms with Crippen LogP contribution in [-0.4, -0.2) is 24.5 Å². The number of hydrogen-bond donors (Lipinski definition) is 0. The highest BCUT2D eigenvalue weighted by Gasteiger charge is 2.57. The van der Waals surface area contributed by atoms with Crippen LogP contribution >= 0.6 is 15.9 Å². The van der Waals surface area contributed by atoms with E-state index in [1.807, 2.05) is 18.2 Å². The molecule has 142 valence electrons. The molecule has 1 aromatic carbocycles. The van der Waals surface area contributed by atoms with E-state index in [2.05, 4.69) is 15.9 Å². The summed E-state index contributed by atoms with van der Waals surface area (Å²) in [7, 11) is 3.22. The summed E-state index contributed by atoms with van der Waals surface area (Å²) in [6.45, 7) is 0.279. The number of methoxy groups -OCH3 is 2. The van der Waals surface area contributed by atoms with E-state index in [-0.39, 0.29) is 22.3 Å². The fourth-order valence-electron chi connectivity index (χ4n) is 6.03. The standard InChI is InChI=1S/C21H27BrO4/c1-24-17-4-3-14(6-18(17)25-2)12-26-19(23)11-20-7-15-5-16(8-20)10-21(22,9-15)13-20/h3-4,6,15-16H,5,7-13H2,1-2H3/t15-,16+,20?,21?. The summed E-state index contributed by atoms with van der Waals surface area (Å²) in [6, 6.07) is 5.62. The molecule has 4 aliphatic carbocycles. The van der Waals surface area contributed by atoms with Gasteiger partial charge in [0.15, 0.2) is 11.5 Å². The molecule has 5 rings (SSSR count). The Morgan fingerprint density at radius 3 is 2.42 bits per heavy atom. The molecule has 0 N–H and O–H groups in total. The van der Waals surface area contributed by atoms with Crippen molar-refractivity contribution >= 4 is 21.9 Å². The second kappa shape index (κ2) is 6.74. The molecule has 0 heterocycles. The summed E-state index contributed by atoms with van der Waals surface area (Å²) in [5.74, 6) is 2.84. The highest BCUT2D eigenvalue weighted by atomic mass is 79.9. The summed E-state index contributed by atoms with van der Waals surface area (Å²) in [5.41, 5.74) is 1.07. The lowest BCUT2D eigenvalue weighted by molar-refractivity contribution is -0.152. The summed E-state index contributed by atoms with van der Waals surface area (Å²) < 4.78 is 16.5. The van der Waals surface area contributed by atoms with E-state index in [0.717, 1.165) is 23.8 Å². The van der Waals surface area contributed by atoms with Crippen molar-refractivity contribution in [2.45, 2.75) is 55.9 Å². The molecule has 0 aliphatic heterocycles. The molecule has 0 amide bonds. The lowest BCUT2D eigenvalue weighted by Crippen LogP contribution is -2.53. The van der Waals surface area contributed by atoms with Crippen molar-refractivity contribution < 1.29 is 19.0 Å². The van der Waals surface area contributed by atoms with Gasteiger partial charge >= 0.3 is 5.97 Å². The fraction of sp³-hybridized carbons (Fsp3) is 0.667. The molecule has 4 bridgehead atoms. The molecular weight excluding hydrogens is 396 g/mol. The zero-order valence-corrected chi connectivity index (χ0v) is 17.1. The van der Waals surface area contributed by atoms with Crippen LogP contribution in [0, 0.1) is 17.3 Å². The summed E-state index contributed by atoms with van der Waals surface area (Å²) in [5, 5.41) is 0. The largest absolute Gasteiger partial charge is 0.493 e. The molecule has 4 saturated carbocycles. The Hall–Kier alpha value is -1.23. The first kappa shape index (κ1) is 18.1. The Morgan fingerprint density at radius 2 is 1.81 bits per heavy atom. The summed E-state index contributed by atoms with van der Waals surface area (Å²) in [6.07, 6.45) is 8.00. The zero-order chi connectivity index (χ0) is 18.4. The van der Waals surface area contributed by atoms with Crippen molar-refractivity contribution in [3.8, 4) is 11.5 Å². The average molecular weight is 423 g/mol. The van der Waals surface area contributed by atoms with Crippen LogP contribution in [0.15, 0.2) is 18.2 Å². The van der Waals surface area contributed by atoms with Crippen molar-refractivity contribution in [3.05, 3.63) is 23.8 Å². The smallest absolute Gasteiger partial charge is 0.306 e. The van der Waals surface area contributed by atoms with Gasteiger partial charge in [0.05, 0.1) is 20.6 Å². The number of halogens is 1. The number of ether oxygens (including phenoxy) is 3. The van der Waals surface area contributed by atoms with Crippen LogP contribution in [0.1, 0.15) is 50.5 Å². The first-order valence-corrected chi connectivity index (χ1v) is 10.3. The van der Waals surface area contributed by atoms with Gasteiger partial charge in [-0.2, -0.15) is 0 Å². The van der Waals surface area contributed by atoms with E-state index < -0.39 is 0 Å². The van der Waals surface area contributed by atoms with Gasteiger partial charge in [0.1, 0.15) is 6.61 Å². The number of alkyl halides is 1. The Morgan fingerprint density at radius 1 is 1.12 bits per heavy atom. The Labute approximate surface area is 163 Å². The van der Waals surface area contributed by atoms with Crippen molar-refractivity contribution in [1.29, 1.82) is 0 Å². The SMILES string of the molecule is COc1ccc(COC(=O)CC23C[C@@H]4C[C@@H](CC(Br)(C4)C2)C3)cc1OC. The molecule has 0 saturated heterocycles. The van der Waals surface area contributed by atoms with Gasteiger partial charge in [0.25, 0.3) is 0 Å². The first-order valence-electron chi connectivity index (χ1n) is 9.48. The van der Waals surface area contributed by atoms with Crippen LogP contribution in [-0.2, 0) is 16.1 Å². The minimum Gasteiger partial charge on any atom is -0.493 e. The fourth-order valence-corrected chi connectivity index (χ4v) is 7.54. The van der Waals surface area contributed by atoms with Gasteiger partial charge in [-0.3, -0.25) is 4.79 Å². The number of benzene rings is 1. The Bertz CT molecular complexity index is 687. The second-order valence-electron chi connectivity index (χ2n) is 8.64. The van der Waals surface area contributed by atoms with Crippen molar-refractivity contribution in [3.63, 3.8) is 0 Å². The minimum absolute atomic E-state index is 0.0714. The van der Waals surface area contributed by atoms with Crippen LogP contribution in [0.5, 0.6) is 11.5 Å². The lowest BCUT2D eigenvalue weighted by Gasteiger charge is -2.60. The molecule has 5 heteroatoms. The van der Waals surface area contributed by atoms with E-state index in [0.29, 0.717) is 17.9 Å². The molecule has 4 atom stereocenters. The third-order valence-corrected chi connectivity index (χ3v) is 7.41. The highest BCUT2D eigenvalue weighted by Crippen LogP contribution is 2.65. The van der Waals surface area contributed by atoms with Crippen molar-refractivity contribution in [2.24, 2.45) is 17.3 Å². The minimum atomic E-state index is -0.0714. The molecule has 0 aromatic heterocycles. The molecule has 0 spiro atoms. The van der Waals surface area contributed by atoms with Gasteiger partial charge in [0.2, 0.25) is 0 Å². The van der Waals surface area contributed by atoms with Gasteiger partial charge in [-0.25, -0.2) is 0 Å². The van der Waals surface area contributed by atoms with E-state index in [9.17, 15) is 4.79 Å². The molecule has 4 aliphatic rings. The number of carbonyl (C=O) groups excluding carboxylic acids is 1. The number of carbonyl (C=O) groups is 1. The second-order valence-corrected chi connectivity index (χ2v) is 10.3. The van der Waals surface area contributed by atoms with Crippen LogP contribution in [0.2, 0.25) is 0 Å². The van der Waals surface area contributed by atoms with Gasteiger partial charge in [-0.15, -0.1) is 0 Å². The maximum absolute atomic E-state index is 12.6. The Kier molecular flexibility index (Phi) is 4.70. The molecule has 26 heavy (non-hydrogen) atoms. The molecule has 2 unspecified atom stereocenters. The van der Waals surface area contributed by atoms with E-state index >= 15 is 0 Å². The average Bonchev–Trinajstić information content (AvgIpc) is 2.57. The van der Waals surface area contributed by atoms with Gasteiger partial charge < -0.3 is 14.2 Å². The van der Waals surface area contributed by atoms with E-state index in [4.69, 9.17) is 14.2 Å². The maximum Gasteiger partial charge on any atom is 0.306 e. The van der Waals surface area contributed by atoms with Gasteiger partial charge in [-0.05, 0) is 73.5 Å². The van der Waals surface area contributed by atoms with Crippen LogP contribution in [0.3, 0.4) is 0 Å². The number of rotatable bonds is 6. The third kappa shape index (κ3) is 3.47. The van der Waals surface area contributed by atoms with Gasteiger partial charge in [-0.1, -0.05) is 22.0 Å². The third-order valence-electron chi connectivity index (χ3n) is 6.48. The zero-order valence-electron chi connectivity index (χ0n) is 15.6. The maximum atomic E-state index is 12.6. The molecule has 4 fully saturated rings. The topological polar surface area (TPSA) is 44.8 Å². The van der Waals surface area contributed by atoms with Crippen molar-refractivity contribution in [2.75, 3.05) is 14.2 Å². The van der Waals surface area contributed by atoms with E-state index in [1.54, 1.807) is 14.2 Å². The molecule has 4 nitrogen and oxygen atoms in total. The van der Waals surface area contributed by atoms with Crippen LogP contribution in [0.4, 0.5) is 0 Å². The normalized spacial score (nSPS) is 34.6. The molecular formula is C21H27BrO4. The van der Waals surface area contributed by atoms with Crippen LogP contribution in [0.25, 0.3) is 0 Å². The molecule has 1 aromatic rings. The quantitative estimate of drug-likeness (QED) is 0.484. The summed E-state index contributed by atoms with van der Waals surface area (Å²) in [4.78, 5) is 12.6. The number of hydrogen-bond acceptors (Lipinski definition) is 4. The number of esters is 1. The predicted molar refractivity (Wildman–Crippen MR) is 103 cm³/mol. The first-order chi connectivity index (χ1) is 12.4. The van der Waals surface area contributed by atoms with Crippen LogP contribution < -0.4 is 9.47 Å². The summed E-state index contributed by atoms with van der Waals surface area (Å²) >= 11 is 4.01. The highest BCUT2D eigenvalue weighted by molar-refractivity contribution is 9.10. The van der Waals surface area contributed by atoms with Gasteiger partial charge in [0, 0.05) is 4.32 Å². The Balaban J connectivity index is 1.38. The lowest BCUT2D eigenvalue weighted by atomic mass is 9.49. The monoisotopic (exact) mass is 422 g/mol. The van der Waals surface area contributed by atoms with Crippen molar-refractivity contribution in [1.82, 2.24) is 0 Å². The predicted octanol–water partition coefficient (Wildman–Crippen LogP) is 4.87.